The van der Waals surface area contributed by atoms with Crippen molar-refractivity contribution in [1.82, 2.24) is 15.8 Å². The van der Waals surface area contributed by atoms with E-state index >= 15 is 0 Å². The summed E-state index contributed by atoms with van der Waals surface area (Å²) in [6.07, 6.45) is 0. The summed E-state index contributed by atoms with van der Waals surface area (Å²) in [7, 11) is -4.22. The lowest BCUT2D eigenvalue weighted by Gasteiger charge is -2.36. The number of benzene rings is 4. The molecule has 0 saturated heterocycles. The quantitative estimate of drug-likeness (QED) is 0.158. The number of carbonyl (C=O) groups excluding carboxylic acids is 2. The third-order valence-electron chi connectivity index (χ3n) is 6.48. The topological polar surface area (TPSA) is 97.0 Å². The maximum Gasteiger partial charge on any atom is 0.457 e. The molecule has 9 heteroatoms. The summed E-state index contributed by atoms with van der Waals surface area (Å²) < 4.78 is 27.0. The number of carbonyl (C=O) groups is 2. The summed E-state index contributed by atoms with van der Waals surface area (Å²) in [6.45, 7) is 11.2. The van der Waals surface area contributed by atoms with Crippen LogP contribution in [0.3, 0.4) is 0 Å². The Morgan fingerprint density at radius 2 is 1.21 bits per heavy atom. The van der Waals surface area contributed by atoms with Crippen molar-refractivity contribution < 1.29 is 23.2 Å². The van der Waals surface area contributed by atoms with E-state index in [4.69, 9.17) is 9.05 Å². The smallest absolute Gasteiger partial charge is 0.414 e. The molecule has 4 rings (SSSR count). The Kier molecular flexibility index (Phi) is 9.62. The lowest BCUT2D eigenvalue weighted by molar-refractivity contribution is 0.0449. The van der Waals surface area contributed by atoms with Crippen molar-refractivity contribution in [3.8, 4) is 11.5 Å². The van der Waals surface area contributed by atoms with Gasteiger partial charge in [0, 0.05) is 5.56 Å². The van der Waals surface area contributed by atoms with E-state index in [9.17, 15) is 14.2 Å². The van der Waals surface area contributed by atoms with Gasteiger partial charge in [-0.25, -0.2) is 19.8 Å². The van der Waals surface area contributed by atoms with Gasteiger partial charge < -0.3 is 14.4 Å². The van der Waals surface area contributed by atoms with Gasteiger partial charge >= 0.3 is 13.6 Å². The first-order valence-corrected chi connectivity index (χ1v) is 15.6. The number of nitrogens with zero attached hydrogens (tertiary/aromatic N) is 1. The fourth-order valence-corrected chi connectivity index (χ4v) is 6.37. The predicted molar refractivity (Wildman–Crippen MR) is 169 cm³/mol. The second-order valence-electron chi connectivity index (χ2n) is 11.4. The average molecular weight is 600 g/mol. The fraction of sp³-hybridized carbons (Fsp3) is 0.235. The molecule has 0 aliphatic heterocycles. The highest BCUT2D eigenvalue weighted by Gasteiger charge is 2.43. The van der Waals surface area contributed by atoms with Gasteiger partial charge in [-0.05, 0) is 83.5 Å². The number of amides is 3. The molecule has 8 nitrogen and oxygen atoms in total. The van der Waals surface area contributed by atoms with Crippen LogP contribution in [-0.4, -0.2) is 22.5 Å². The Bertz CT molecular complexity index is 1540. The van der Waals surface area contributed by atoms with E-state index in [0.717, 1.165) is 16.7 Å². The van der Waals surface area contributed by atoms with Gasteiger partial charge in [-0.2, -0.15) is 0 Å². The van der Waals surface area contributed by atoms with Gasteiger partial charge in [-0.1, -0.05) is 83.4 Å². The highest BCUT2D eigenvalue weighted by Crippen LogP contribution is 2.59. The Balaban J connectivity index is 1.72. The highest BCUT2D eigenvalue weighted by atomic mass is 31.2. The molecular weight excluding hydrogens is 561 g/mol. The highest BCUT2D eigenvalue weighted by molar-refractivity contribution is 7.55. The Labute approximate surface area is 253 Å². The molecule has 0 fully saturated rings. The summed E-state index contributed by atoms with van der Waals surface area (Å²) in [4.78, 5) is 27.4. The standard InChI is InChI=1S/C34H38N3O5P/c1-24-17-19-27(20-18-24)31(43(40,41-29-13-9-7-10-14-29)42-30-15-11-8-12-16-30)35-33(39)36-37(34(4,5)6)32(38)28-22-25(2)21-26(3)23-28/h7-23,31H,1-6H3,(H2,35,36,39)/t31-/m1/s1. The van der Waals surface area contributed by atoms with Gasteiger partial charge in [0.2, 0.25) is 0 Å². The van der Waals surface area contributed by atoms with Crippen LogP contribution >= 0.6 is 7.60 Å². The minimum Gasteiger partial charge on any atom is -0.414 e. The number of rotatable bonds is 8. The molecule has 0 heterocycles. The van der Waals surface area contributed by atoms with E-state index in [2.05, 4.69) is 10.7 Å². The van der Waals surface area contributed by atoms with Gasteiger partial charge in [0.05, 0.1) is 5.54 Å². The molecule has 4 aromatic carbocycles. The molecule has 1 atom stereocenters. The first kappa shape index (κ1) is 31.4. The molecule has 0 aliphatic carbocycles. The van der Waals surface area contributed by atoms with Crippen LogP contribution in [0.4, 0.5) is 4.79 Å². The molecule has 0 aliphatic rings. The van der Waals surface area contributed by atoms with Crippen molar-refractivity contribution in [3.63, 3.8) is 0 Å². The van der Waals surface area contributed by atoms with E-state index < -0.39 is 24.9 Å². The minimum absolute atomic E-state index is 0.308. The molecule has 43 heavy (non-hydrogen) atoms. The van der Waals surface area contributed by atoms with Crippen molar-refractivity contribution >= 4 is 19.5 Å². The van der Waals surface area contributed by atoms with Crippen LogP contribution in [0, 0.1) is 20.8 Å². The van der Waals surface area contributed by atoms with Crippen LogP contribution < -0.4 is 19.8 Å². The van der Waals surface area contributed by atoms with Crippen LogP contribution in [0.25, 0.3) is 0 Å². The van der Waals surface area contributed by atoms with Gasteiger partial charge in [-0.15, -0.1) is 0 Å². The number of aryl methyl sites for hydroxylation is 3. The molecule has 0 radical (unpaired) electrons. The van der Waals surface area contributed by atoms with E-state index in [0.29, 0.717) is 22.6 Å². The monoisotopic (exact) mass is 599 g/mol. The maximum atomic E-state index is 14.8. The third kappa shape index (κ3) is 8.27. The lowest BCUT2D eigenvalue weighted by atomic mass is 10.0. The van der Waals surface area contributed by atoms with Crippen molar-refractivity contribution in [2.45, 2.75) is 52.9 Å². The third-order valence-corrected chi connectivity index (χ3v) is 8.48. The summed E-state index contributed by atoms with van der Waals surface area (Å²) >= 11 is 0. The molecule has 3 amide bonds. The molecule has 0 spiro atoms. The van der Waals surface area contributed by atoms with E-state index in [1.165, 1.54) is 5.01 Å². The number of hydrogen-bond acceptors (Lipinski definition) is 5. The van der Waals surface area contributed by atoms with Crippen LogP contribution in [0.1, 0.15) is 59.2 Å². The van der Waals surface area contributed by atoms with Gasteiger partial charge in [-0.3, -0.25) is 4.79 Å². The SMILES string of the molecule is Cc1ccc([C@H](NC(=O)NN(C(=O)c2cc(C)cc(C)c2)C(C)(C)C)P(=O)(Oc2ccccc2)Oc2ccccc2)cc1. The van der Waals surface area contributed by atoms with Gasteiger partial charge in [0.1, 0.15) is 11.5 Å². The summed E-state index contributed by atoms with van der Waals surface area (Å²) in [5.74, 6) is -1.01. The number of hydrazine groups is 1. The number of para-hydroxylation sites is 2. The van der Waals surface area contributed by atoms with Gasteiger partial charge in [0.25, 0.3) is 5.91 Å². The molecule has 0 aromatic heterocycles. The molecule has 224 valence electrons. The van der Waals surface area contributed by atoms with Crippen molar-refractivity contribution in [3.05, 3.63) is 131 Å². The van der Waals surface area contributed by atoms with Crippen molar-refractivity contribution in [2.24, 2.45) is 0 Å². The molecular formula is C34H38N3O5P. The van der Waals surface area contributed by atoms with E-state index in [1.807, 2.05) is 71.9 Å². The van der Waals surface area contributed by atoms with Crippen LogP contribution in [0.2, 0.25) is 0 Å². The second kappa shape index (κ2) is 13.2. The molecule has 0 bridgehead atoms. The van der Waals surface area contributed by atoms with E-state index in [-0.39, 0.29) is 5.91 Å². The predicted octanol–water partition coefficient (Wildman–Crippen LogP) is 8.12. The molecule has 2 N–H and O–H groups in total. The number of nitrogens with one attached hydrogen (secondary N) is 2. The molecule has 0 saturated carbocycles. The Morgan fingerprint density at radius 3 is 1.67 bits per heavy atom. The second-order valence-corrected chi connectivity index (χ2v) is 13.4. The van der Waals surface area contributed by atoms with Crippen LogP contribution in [-0.2, 0) is 4.57 Å². The zero-order chi connectivity index (χ0) is 31.2. The first-order valence-electron chi connectivity index (χ1n) is 14.0. The van der Waals surface area contributed by atoms with Crippen LogP contribution in [0.5, 0.6) is 11.5 Å². The number of hydrogen-bond donors (Lipinski definition) is 2. The first-order chi connectivity index (χ1) is 20.3. The normalized spacial score (nSPS) is 12.1. The average Bonchev–Trinajstić information content (AvgIpc) is 2.95. The Morgan fingerprint density at radius 1 is 0.721 bits per heavy atom. The summed E-state index contributed by atoms with van der Waals surface area (Å²) in [5.41, 5.74) is 5.69. The molecule has 0 unspecified atom stereocenters. The van der Waals surface area contributed by atoms with Crippen LogP contribution in [0.15, 0.2) is 103 Å². The molecule has 4 aromatic rings. The van der Waals surface area contributed by atoms with Gasteiger partial charge in [0.15, 0.2) is 5.78 Å². The van der Waals surface area contributed by atoms with Crippen molar-refractivity contribution in [2.75, 3.05) is 0 Å². The summed E-state index contributed by atoms with van der Waals surface area (Å²) in [5, 5.41) is 4.08. The van der Waals surface area contributed by atoms with E-state index in [1.54, 1.807) is 72.8 Å². The zero-order valence-electron chi connectivity index (χ0n) is 25.3. The zero-order valence-corrected chi connectivity index (χ0v) is 26.2. The summed E-state index contributed by atoms with van der Waals surface area (Å²) in [6, 6.07) is 29.3. The number of urea groups is 1. The maximum absolute atomic E-state index is 14.8. The Hall–Kier alpha value is -4.55. The largest absolute Gasteiger partial charge is 0.457 e. The minimum atomic E-state index is -4.22. The lowest BCUT2D eigenvalue weighted by Crippen LogP contribution is -2.58. The fourth-order valence-electron chi connectivity index (χ4n) is 4.48. The van der Waals surface area contributed by atoms with Crippen molar-refractivity contribution in [1.29, 1.82) is 0 Å².